The van der Waals surface area contributed by atoms with Gasteiger partial charge in [-0.1, -0.05) is 0 Å². The first-order chi connectivity index (χ1) is 10.0. The van der Waals surface area contributed by atoms with Gasteiger partial charge in [0.1, 0.15) is 0 Å². The number of benzene rings is 1. The zero-order valence-electron chi connectivity index (χ0n) is 11.4. The van der Waals surface area contributed by atoms with Crippen molar-refractivity contribution < 1.29 is 17.9 Å². The lowest BCUT2D eigenvalue weighted by Gasteiger charge is -2.06. The Morgan fingerprint density at radius 1 is 1.33 bits per heavy atom. The van der Waals surface area contributed by atoms with Gasteiger partial charge in [-0.15, -0.1) is 0 Å². The highest BCUT2D eigenvalue weighted by atomic mass is 32.2. The summed E-state index contributed by atoms with van der Waals surface area (Å²) in [6.07, 6.45) is 3.14. The van der Waals surface area contributed by atoms with Crippen LogP contribution in [-0.4, -0.2) is 31.2 Å². The maximum absolute atomic E-state index is 12.1. The highest BCUT2D eigenvalue weighted by molar-refractivity contribution is 7.89. The summed E-state index contributed by atoms with van der Waals surface area (Å²) < 4.78 is 31.4. The first kappa shape index (κ1) is 15.2. The van der Waals surface area contributed by atoms with Crippen molar-refractivity contribution in [1.29, 1.82) is 0 Å². The number of H-pyrrole nitrogens is 1. The van der Waals surface area contributed by atoms with Crippen LogP contribution in [-0.2, 0) is 21.3 Å². The molecule has 1 aromatic carbocycles. The van der Waals surface area contributed by atoms with Crippen LogP contribution in [0.4, 0.5) is 0 Å². The molecule has 7 nitrogen and oxygen atoms in total. The molecule has 0 aliphatic heterocycles. The van der Waals surface area contributed by atoms with Crippen molar-refractivity contribution in [2.24, 2.45) is 0 Å². The molecule has 112 valence electrons. The van der Waals surface area contributed by atoms with E-state index >= 15 is 0 Å². The molecule has 0 spiro atoms. The number of carbonyl (C=O) groups excluding carboxylic acids is 1. The number of hydrogen-bond donors (Lipinski definition) is 2. The van der Waals surface area contributed by atoms with Crippen molar-refractivity contribution in [2.75, 3.05) is 6.61 Å². The van der Waals surface area contributed by atoms with Gasteiger partial charge in [0.25, 0.3) is 0 Å². The number of hydrogen-bond acceptors (Lipinski definition) is 5. The van der Waals surface area contributed by atoms with E-state index in [0.29, 0.717) is 5.56 Å². The van der Waals surface area contributed by atoms with E-state index in [1.807, 2.05) is 0 Å². The molecule has 0 unspecified atom stereocenters. The lowest BCUT2D eigenvalue weighted by atomic mass is 10.2. The van der Waals surface area contributed by atoms with Gasteiger partial charge in [0.2, 0.25) is 10.0 Å². The Kier molecular flexibility index (Phi) is 4.71. The zero-order valence-corrected chi connectivity index (χ0v) is 12.2. The van der Waals surface area contributed by atoms with Crippen LogP contribution in [0.15, 0.2) is 41.6 Å². The smallest absolute Gasteiger partial charge is 0.338 e. The summed E-state index contributed by atoms with van der Waals surface area (Å²) in [5.41, 5.74) is 1.03. The van der Waals surface area contributed by atoms with Crippen LogP contribution in [0, 0.1) is 0 Å². The Hall–Kier alpha value is -2.19. The van der Waals surface area contributed by atoms with Gasteiger partial charge < -0.3 is 4.74 Å². The molecular formula is C13H15N3O4S. The number of rotatable bonds is 6. The van der Waals surface area contributed by atoms with Crippen LogP contribution in [0.3, 0.4) is 0 Å². The van der Waals surface area contributed by atoms with Crippen molar-refractivity contribution in [3.8, 4) is 0 Å². The minimum absolute atomic E-state index is 0.0824. The van der Waals surface area contributed by atoms with E-state index in [1.54, 1.807) is 13.1 Å². The fourth-order valence-corrected chi connectivity index (χ4v) is 2.64. The summed E-state index contributed by atoms with van der Waals surface area (Å²) in [6.45, 7) is 2.11. The van der Waals surface area contributed by atoms with Gasteiger partial charge in [0.05, 0.1) is 23.3 Å². The van der Waals surface area contributed by atoms with Gasteiger partial charge in [0.15, 0.2) is 0 Å². The molecule has 1 aromatic heterocycles. The molecule has 0 amide bonds. The molecule has 0 radical (unpaired) electrons. The first-order valence-corrected chi connectivity index (χ1v) is 7.76. The molecule has 0 atom stereocenters. The van der Waals surface area contributed by atoms with Crippen LogP contribution in [0.5, 0.6) is 0 Å². The van der Waals surface area contributed by atoms with Gasteiger partial charge in [-0.25, -0.2) is 17.9 Å². The second kappa shape index (κ2) is 6.51. The summed E-state index contributed by atoms with van der Waals surface area (Å²) in [6, 6.07) is 5.57. The molecule has 1 heterocycles. The monoisotopic (exact) mass is 309 g/mol. The van der Waals surface area contributed by atoms with Crippen molar-refractivity contribution in [3.05, 3.63) is 47.8 Å². The highest BCUT2D eigenvalue weighted by Gasteiger charge is 2.15. The number of aromatic nitrogens is 2. The molecule has 0 fully saturated rings. The average molecular weight is 309 g/mol. The molecule has 2 N–H and O–H groups in total. The molecule has 0 bridgehead atoms. The number of carbonyl (C=O) groups is 1. The molecule has 2 aromatic rings. The van der Waals surface area contributed by atoms with Crippen LogP contribution >= 0.6 is 0 Å². The third-order valence-corrected chi connectivity index (χ3v) is 4.11. The largest absolute Gasteiger partial charge is 0.462 e. The van der Waals surface area contributed by atoms with Crippen LogP contribution in [0.1, 0.15) is 22.8 Å². The van der Waals surface area contributed by atoms with E-state index in [1.165, 1.54) is 30.5 Å². The average Bonchev–Trinajstić information content (AvgIpc) is 2.99. The van der Waals surface area contributed by atoms with Crippen LogP contribution in [0.2, 0.25) is 0 Å². The Morgan fingerprint density at radius 2 is 2.05 bits per heavy atom. The molecule has 0 saturated carbocycles. The Balaban J connectivity index is 2.08. The first-order valence-electron chi connectivity index (χ1n) is 6.27. The predicted octanol–water partition coefficient (Wildman–Crippen LogP) is 1.06. The van der Waals surface area contributed by atoms with Crippen molar-refractivity contribution in [2.45, 2.75) is 18.4 Å². The third-order valence-electron chi connectivity index (χ3n) is 2.70. The normalized spacial score (nSPS) is 11.3. The minimum atomic E-state index is -3.63. The van der Waals surface area contributed by atoms with Crippen molar-refractivity contribution >= 4 is 16.0 Å². The van der Waals surface area contributed by atoms with E-state index in [2.05, 4.69) is 14.9 Å². The number of nitrogens with zero attached hydrogens (tertiary/aromatic N) is 1. The summed E-state index contributed by atoms with van der Waals surface area (Å²) in [4.78, 5) is 11.6. The SMILES string of the molecule is CCOC(=O)c1ccc(S(=O)(=O)NCc2cn[nH]c2)cc1. The fourth-order valence-electron chi connectivity index (χ4n) is 1.62. The molecule has 2 rings (SSSR count). The van der Waals surface area contributed by atoms with Gasteiger partial charge in [-0.05, 0) is 31.2 Å². The molecule has 0 aliphatic carbocycles. The number of sulfonamides is 1. The van der Waals surface area contributed by atoms with Gasteiger partial charge in [-0.2, -0.15) is 5.10 Å². The molecular weight excluding hydrogens is 294 g/mol. The Morgan fingerprint density at radius 3 is 2.62 bits per heavy atom. The van der Waals surface area contributed by atoms with E-state index < -0.39 is 16.0 Å². The Bertz CT molecular complexity index is 694. The number of aromatic amines is 1. The fraction of sp³-hybridized carbons (Fsp3) is 0.231. The second-order valence-corrected chi connectivity index (χ2v) is 5.94. The quantitative estimate of drug-likeness (QED) is 0.777. The topological polar surface area (TPSA) is 101 Å². The van der Waals surface area contributed by atoms with E-state index in [0.717, 1.165) is 5.56 Å². The summed E-state index contributed by atoms with van der Waals surface area (Å²) in [7, 11) is -3.63. The lowest BCUT2D eigenvalue weighted by molar-refractivity contribution is 0.0526. The molecule has 0 aliphatic rings. The van der Waals surface area contributed by atoms with E-state index in [-0.39, 0.29) is 18.0 Å². The van der Waals surface area contributed by atoms with Crippen molar-refractivity contribution in [1.82, 2.24) is 14.9 Å². The Labute approximate surface area is 122 Å². The summed E-state index contributed by atoms with van der Waals surface area (Å²) in [5.74, 6) is -0.479. The van der Waals surface area contributed by atoms with Crippen molar-refractivity contribution in [3.63, 3.8) is 0 Å². The number of ether oxygens (including phenoxy) is 1. The van der Waals surface area contributed by atoms with Gasteiger partial charge in [0, 0.05) is 18.3 Å². The lowest BCUT2D eigenvalue weighted by Crippen LogP contribution is -2.23. The molecule has 21 heavy (non-hydrogen) atoms. The van der Waals surface area contributed by atoms with Gasteiger partial charge >= 0.3 is 5.97 Å². The van der Waals surface area contributed by atoms with Crippen LogP contribution < -0.4 is 4.72 Å². The summed E-state index contributed by atoms with van der Waals surface area (Å²) in [5, 5.41) is 6.33. The molecule has 0 saturated heterocycles. The third kappa shape index (κ3) is 3.89. The van der Waals surface area contributed by atoms with E-state index in [9.17, 15) is 13.2 Å². The maximum atomic E-state index is 12.1. The van der Waals surface area contributed by atoms with Crippen LogP contribution in [0.25, 0.3) is 0 Å². The minimum Gasteiger partial charge on any atom is -0.462 e. The number of nitrogens with one attached hydrogen (secondary N) is 2. The maximum Gasteiger partial charge on any atom is 0.338 e. The van der Waals surface area contributed by atoms with Gasteiger partial charge in [-0.3, -0.25) is 5.10 Å². The second-order valence-electron chi connectivity index (χ2n) is 4.18. The number of esters is 1. The standard InChI is InChI=1S/C13H15N3O4S/c1-2-20-13(17)11-3-5-12(6-4-11)21(18,19)16-9-10-7-14-15-8-10/h3-8,16H,2,9H2,1H3,(H,14,15). The summed E-state index contributed by atoms with van der Waals surface area (Å²) >= 11 is 0. The predicted molar refractivity (Wildman–Crippen MR) is 75.0 cm³/mol. The zero-order chi connectivity index (χ0) is 15.3. The highest BCUT2D eigenvalue weighted by Crippen LogP contribution is 2.12. The molecule has 8 heteroatoms. The van der Waals surface area contributed by atoms with E-state index in [4.69, 9.17) is 4.74 Å².